The first-order chi connectivity index (χ1) is 10.8. The molecule has 2 aromatic rings. The van der Waals surface area contributed by atoms with E-state index in [0.29, 0.717) is 17.2 Å². The third-order valence-electron chi connectivity index (χ3n) is 4.27. The Bertz CT molecular complexity index is 608. The van der Waals surface area contributed by atoms with Crippen LogP contribution < -0.4 is 4.74 Å². The lowest BCUT2D eigenvalue weighted by atomic mass is 9.71. The van der Waals surface area contributed by atoms with Gasteiger partial charge in [0.05, 0.1) is 6.04 Å². The predicted octanol–water partition coefficient (Wildman–Crippen LogP) is 3.74. The first-order valence-corrected chi connectivity index (χ1v) is 8.10. The second-order valence-corrected chi connectivity index (χ2v) is 7.15. The number of halogens is 1. The van der Waals surface area contributed by atoms with Crippen LogP contribution in [0, 0.1) is 5.41 Å². The van der Waals surface area contributed by atoms with Crippen molar-refractivity contribution in [1.29, 1.82) is 0 Å². The van der Waals surface area contributed by atoms with Gasteiger partial charge in [-0.2, -0.15) is 5.10 Å². The zero-order valence-corrected chi connectivity index (χ0v) is 14.8. The third kappa shape index (κ3) is 3.85. The Hall–Kier alpha value is -1.59. The Morgan fingerprint density at radius 3 is 2.39 bits per heavy atom. The fraction of sp³-hybridized carbons (Fsp3) is 0.529. The van der Waals surface area contributed by atoms with Crippen molar-refractivity contribution in [2.75, 3.05) is 6.61 Å². The first kappa shape index (κ1) is 17.8. The van der Waals surface area contributed by atoms with Gasteiger partial charge in [-0.1, -0.05) is 39.3 Å². The summed E-state index contributed by atoms with van der Waals surface area (Å²) in [6.07, 6.45) is 3.82. The van der Waals surface area contributed by atoms with Gasteiger partial charge in [-0.25, -0.2) is 9.67 Å². The number of hydrogen-bond donors (Lipinski definition) is 1. The van der Waals surface area contributed by atoms with E-state index in [1.54, 1.807) is 35.3 Å². The van der Waals surface area contributed by atoms with Crippen molar-refractivity contribution in [3.8, 4) is 5.75 Å². The van der Waals surface area contributed by atoms with Gasteiger partial charge in [0.15, 0.2) is 0 Å². The van der Waals surface area contributed by atoms with Crippen LogP contribution in [-0.2, 0) is 0 Å². The molecule has 0 aliphatic carbocycles. The summed E-state index contributed by atoms with van der Waals surface area (Å²) in [6.45, 7) is 8.16. The van der Waals surface area contributed by atoms with Gasteiger partial charge in [0.2, 0.25) is 0 Å². The van der Waals surface area contributed by atoms with E-state index >= 15 is 0 Å². The van der Waals surface area contributed by atoms with Crippen molar-refractivity contribution >= 4 is 11.6 Å². The molecule has 0 bridgehead atoms. The highest BCUT2D eigenvalue weighted by Gasteiger charge is 2.48. The fourth-order valence-corrected chi connectivity index (χ4v) is 2.78. The molecule has 1 heterocycles. The summed E-state index contributed by atoms with van der Waals surface area (Å²) >= 11 is 5.89. The molecule has 23 heavy (non-hydrogen) atoms. The molecule has 126 valence electrons. The number of ether oxygens (including phenoxy) is 1. The van der Waals surface area contributed by atoms with Gasteiger partial charge in [0, 0.05) is 5.02 Å². The Morgan fingerprint density at radius 2 is 1.91 bits per heavy atom. The second kappa shape index (κ2) is 6.89. The third-order valence-corrected chi connectivity index (χ3v) is 4.52. The Kier molecular flexibility index (Phi) is 5.32. The highest BCUT2D eigenvalue weighted by molar-refractivity contribution is 6.30. The standard InChI is InChI=1S/C17H24ClN3O2/c1-5-15(21-12-19-11-20-21)17(22,16(2,3)4)10-23-14-8-6-13(18)7-9-14/h6-9,11-12,15,22H,5,10H2,1-4H3. The van der Waals surface area contributed by atoms with Crippen LogP contribution in [0.1, 0.15) is 40.2 Å². The SMILES string of the molecule is CCC(n1cncn1)C(O)(COc1ccc(Cl)cc1)C(C)(C)C. The number of rotatable bonds is 6. The van der Waals surface area contributed by atoms with E-state index in [2.05, 4.69) is 10.1 Å². The quantitative estimate of drug-likeness (QED) is 0.872. The van der Waals surface area contributed by atoms with Gasteiger partial charge in [-0.3, -0.25) is 0 Å². The van der Waals surface area contributed by atoms with Crippen molar-refractivity contribution in [2.45, 2.75) is 45.8 Å². The number of aromatic nitrogens is 3. The van der Waals surface area contributed by atoms with E-state index in [9.17, 15) is 5.11 Å². The Balaban J connectivity index is 2.26. The lowest BCUT2D eigenvalue weighted by Crippen LogP contribution is -2.54. The minimum Gasteiger partial charge on any atom is -0.490 e. The molecule has 1 aromatic heterocycles. The first-order valence-electron chi connectivity index (χ1n) is 7.73. The largest absolute Gasteiger partial charge is 0.490 e. The molecule has 2 atom stereocenters. The molecule has 6 heteroatoms. The van der Waals surface area contributed by atoms with Gasteiger partial charge in [-0.05, 0) is 36.1 Å². The van der Waals surface area contributed by atoms with Crippen LogP contribution in [0.2, 0.25) is 5.02 Å². The summed E-state index contributed by atoms with van der Waals surface area (Å²) in [7, 11) is 0. The molecule has 0 amide bonds. The molecule has 0 fully saturated rings. The molecule has 0 spiro atoms. The lowest BCUT2D eigenvalue weighted by Gasteiger charge is -2.45. The smallest absolute Gasteiger partial charge is 0.137 e. The van der Waals surface area contributed by atoms with Crippen LogP contribution in [0.15, 0.2) is 36.9 Å². The van der Waals surface area contributed by atoms with E-state index < -0.39 is 11.0 Å². The molecular weight excluding hydrogens is 314 g/mol. The van der Waals surface area contributed by atoms with Crippen LogP contribution >= 0.6 is 11.6 Å². The summed E-state index contributed by atoms with van der Waals surface area (Å²) in [5.74, 6) is 0.672. The number of aliphatic hydroxyl groups is 1. The van der Waals surface area contributed by atoms with E-state index in [-0.39, 0.29) is 12.6 Å². The zero-order chi connectivity index (χ0) is 17.1. The van der Waals surface area contributed by atoms with Crippen LogP contribution in [-0.4, -0.2) is 32.1 Å². The van der Waals surface area contributed by atoms with Crippen molar-refractivity contribution in [3.05, 3.63) is 41.9 Å². The molecule has 1 aromatic carbocycles. The fourth-order valence-electron chi connectivity index (χ4n) is 2.66. The number of hydrogen-bond acceptors (Lipinski definition) is 4. The average Bonchev–Trinajstić information content (AvgIpc) is 3.00. The van der Waals surface area contributed by atoms with E-state index in [4.69, 9.17) is 16.3 Å². The highest BCUT2D eigenvalue weighted by atomic mass is 35.5. The molecule has 0 radical (unpaired) electrons. The van der Waals surface area contributed by atoms with Gasteiger partial charge in [0.1, 0.15) is 30.6 Å². The monoisotopic (exact) mass is 337 g/mol. The normalized spacial score (nSPS) is 15.9. The van der Waals surface area contributed by atoms with Crippen LogP contribution in [0.25, 0.3) is 0 Å². The van der Waals surface area contributed by atoms with E-state index in [1.165, 1.54) is 6.33 Å². The van der Waals surface area contributed by atoms with Crippen molar-refractivity contribution in [2.24, 2.45) is 5.41 Å². The van der Waals surface area contributed by atoms with E-state index in [1.807, 2.05) is 27.7 Å². The van der Waals surface area contributed by atoms with Gasteiger partial charge < -0.3 is 9.84 Å². The summed E-state index contributed by atoms with van der Waals surface area (Å²) in [5, 5.41) is 16.3. The minimum absolute atomic E-state index is 0.149. The second-order valence-electron chi connectivity index (χ2n) is 6.72. The molecule has 0 saturated heterocycles. The lowest BCUT2D eigenvalue weighted by molar-refractivity contribution is -0.127. The van der Waals surface area contributed by atoms with Crippen LogP contribution in [0.4, 0.5) is 0 Å². The highest BCUT2D eigenvalue weighted by Crippen LogP contribution is 2.41. The topological polar surface area (TPSA) is 60.2 Å². The molecule has 2 unspecified atom stereocenters. The molecule has 0 aliphatic rings. The molecule has 1 N–H and O–H groups in total. The number of nitrogens with zero attached hydrogens (tertiary/aromatic N) is 3. The molecular formula is C17H24ClN3O2. The Morgan fingerprint density at radius 1 is 1.26 bits per heavy atom. The molecule has 2 rings (SSSR count). The van der Waals surface area contributed by atoms with Crippen LogP contribution in [0.3, 0.4) is 0 Å². The van der Waals surface area contributed by atoms with Crippen molar-refractivity contribution in [3.63, 3.8) is 0 Å². The molecule has 0 saturated carbocycles. The zero-order valence-electron chi connectivity index (χ0n) is 14.0. The van der Waals surface area contributed by atoms with Crippen molar-refractivity contribution in [1.82, 2.24) is 14.8 Å². The molecule has 0 aliphatic heterocycles. The predicted molar refractivity (Wildman–Crippen MR) is 90.7 cm³/mol. The summed E-state index contributed by atoms with van der Waals surface area (Å²) in [6, 6.07) is 6.88. The van der Waals surface area contributed by atoms with Gasteiger partial charge in [0.25, 0.3) is 0 Å². The summed E-state index contributed by atoms with van der Waals surface area (Å²) in [5.41, 5.74) is -1.53. The maximum atomic E-state index is 11.5. The summed E-state index contributed by atoms with van der Waals surface area (Å²) in [4.78, 5) is 4.00. The molecule has 5 nitrogen and oxygen atoms in total. The minimum atomic E-state index is -1.12. The van der Waals surface area contributed by atoms with Gasteiger partial charge >= 0.3 is 0 Å². The van der Waals surface area contributed by atoms with Gasteiger partial charge in [-0.15, -0.1) is 0 Å². The van der Waals surface area contributed by atoms with E-state index in [0.717, 1.165) is 0 Å². The maximum absolute atomic E-state index is 11.5. The van der Waals surface area contributed by atoms with Crippen molar-refractivity contribution < 1.29 is 9.84 Å². The average molecular weight is 338 g/mol. The number of benzene rings is 1. The summed E-state index contributed by atoms with van der Waals surface area (Å²) < 4.78 is 7.57. The maximum Gasteiger partial charge on any atom is 0.137 e. The van der Waals surface area contributed by atoms with Crippen LogP contribution in [0.5, 0.6) is 5.75 Å². The Labute approximate surface area is 142 Å².